The molecule has 126 valence electrons. The number of carbonyl (C=O) groups excluding carboxylic acids is 1. The van der Waals surface area contributed by atoms with E-state index in [2.05, 4.69) is 26.6 Å². The zero-order valence-electron chi connectivity index (χ0n) is 13.9. The molecule has 1 aliphatic heterocycles. The van der Waals surface area contributed by atoms with Crippen molar-refractivity contribution >= 4 is 17.2 Å². The summed E-state index contributed by atoms with van der Waals surface area (Å²) in [6, 6.07) is 6.09. The molecule has 2 heterocycles. The fourth-order valence-corrected chi connectivity index (χ4v) is 2.84. The van der Waals surface area contributed by atoms with Crippen LogP contribution in [0.2, 0.25) is 0 Å². The number of allylic oxidation sites excluding steroid dienone is 3. The summed E-state index contributed by atoms with van der Waals surface area (Å²) in [5.74, 6) is 0.671. The number of H-pyrrole nitrogens is 1. The second kappa shape index (κ2) is 5.94. The van der Waals surface area contributed by atoms with Gasteiger partial charge in [0.25, 0.3) is 5.91 Å². The van der Waals surface area contributed by atoms with Gasteiger partial charge in [-0.3, -0.25) is 9.89 Å². The molecule has 0 saturated carbocycles. The number of rotatable bonds is 3. The summed E-state index contributed by atoms with van der Waals surface area (Å²) >= 11 is 0. The summed E-state index contributed by atoms with van der Waals surface area (Å²) in [6.45, 7) is 0. The monoisotopic (exact) mass is 335 g/mol. The molecule has 2 aromatic rings. The Hall–Kier alpha value is -3.35. The molecule has 0 radical (unpaired) electrons. The Balaban J connectivity index is 1.67. The molecule has 0 saturated heterocycles. The van der Waals surface area contributed by atoms with Crippen LogP contribution in [-0.2, 0) is 0 Å². The van der Waals surface area contributed by atoms with Gasteiger partial charge in [-0.2, -0.15) is 5.10 Å². The molecule has 0 bridgehead atoms. The van der Waals surface area contributed by atoms with Crippen LogP contribution in [0.3, 0.4) is 0 Å². The van der Waals surface area contributed by atoms with E-state index in [0.717, 1.165) is 22.6 Å². The zero-order valence-corrected chi connectivity index (χ0v) is 13.9. The van der Waals surface area contributed by atoms with E-state index in [-0.39, 0.29) is 17.8 Å². The van der Waals surface area contributed by atoms with E-state index in [9.17, 15) is 4.79 Å². The third-order valence-corrected chi connectivity index (χ3v) is 4.11. The maximum absolute atomic E-state index is 12.2. The molecule has 4 rings (SSSR count). The Morgan fingerprint density at radius 3 is 3.00 bits per heavy atom. The molecule has 7 nitrogen and oxygen atoms in total. The van der Waals surface area contributed by atoms with Crippen LogP contribution < -0.4 is 15.0 Å². The van der Waals surface area contributed by atoms with Crippen LogP contribution in [0.15, 0.2) is 54.5 Å². The Kier molecular flexibility index (Phi) is 3.61. The molecule has 1 aromatic heterocycles. The van der Waals surface area contributed by atoms with Gasteiger partial charge in [0.2, 0.25) is 5.82 Å². The first-order valence-electron chi connectivity index (χ1n) is 7.87. The fourth-order valence-electron chi connectivity index (χ4n) is 2.84. The number of nitrogens with zero attached hydrogens (tertiary/aromatic N) is 3. The van der Waals surface area contributed by atoms with Crippen LogP contribution in [0.25, 0.3) is 5.57 Å². The van der Waals surface area contributed by atoms with Crippen molar-refractivity contribution in [2.75, 3.05) is 19.0 Å². The summed E-state index contributed by atoms with van der Waals surface area (Å²) in [5, 5.41) is 9.09. The molecule has 1 aromatic carbocycles. The van der Waals surface area contributed by atoms with Crippen molar-refractivity contribution in [2.45, 2.75) is 6.10 Å². The molecule has 1 atom stereocenters. The molecule has 0 spiro atoms. The SMILES string of the molecule is CN(C)c1ccc2c(c1)C1=CC(NC(=O)c3ncn[nH]3)=CC=CC1O2. The summed E-state index contributed by atoms with van der Waals surface area (Å²) in [6.07, 6.45) is 8.75. The van der Waals surface area contributed by atoms with Gasteiger partial charge >= 0.3 is 0 Å². The third kappa shape index (κ3) is 2.80. The third-order valence-electron chi connectivity index (χ3n) is 4.11. The zero-order chi connectivity index (χ0) is 17.4. The Labute approximate surface area is 144 Å². The molecule has 1 amide bonds. The maximum Gasteiger partial charge on any atom is 0.292 e. The highest BCUT2D eigenvalue weighted by molar-refractivity contribution is 5.92. The number of hydrogen-bond donors (Lipinski definition) is 2. The van der Waals surface area contributed by atoms with E-state index in [0.29, 0.717) is 5.70 Å². The molecule has 0 fully saturated rings. The van der Waals surface area contributed by atoms with E-state index in [1.165, 1.54) is 6.33 Å². The smallest absolute Gasteiger partial charge is 0.292 e. The Morgan fingerprint density at radius 1 is 1.36 bits per heavy atom. The number of hydrogen-bond acceptors (Lipinski definition) is 5. The lowest BCUT2D eigenvalue weighted by Crippen LogP contribution is -2.23. The van der Waals surface area contributed by atoms with Crippen LogP contribution in [0.4, 0.5) is 5.69 Å². The van der Waals surface area contributed by atoms with Crippen molar-refractivity contribution in [1.82, 2.24) is 20.5 Å². The lowest BCUT2D eigenvalue weighted by molar-refractivity contribution is 0.0957. The molecule has 1 unspecified atom stereocenters. The van der Waals surface area contributed by atoms with Crippen molar-refractivity contribution in [3.05, 3.63) is 65.9 Å². The van der Waals surface area contributed by atoms with Gasteiger partial charge in [-0.15, -0.1) is 0 Å². The average molecular weight is 335 g/mol. The quantitative estimate of drug-likeness (QED) is 0.895. The predicted molar refractivity (Wildman–Crippen MR) is 94.2 cm³/mol. The number of ether oxygens (including phenoxy) is 1. The highest BCUT2D eigenvalue weighted by Crippen LogP contribution is 2.41. The average Bonchev–Trinajstić information content (AvgIpc) is 3.19. The van der Waals surface area contributed by atoms with Gasteiger partial charge in [-0.25, -0.2) is 4.98 Å². The molecule has 2 N–H and O–H groups in total. The number of fused-ring (bicyclic) bond motifs is 3. The normalized spacial score (nSPS) is 17.6. The largest absolute Gasteiger partial charge is 0.481 e. The van der Waals surface area contributed by atoms with Crippen molar-refractivity contribution in [1.29, 1.82) is 0 Å². The number of nitrogens with one attached hydrogen (secondary N) is 2. The molecular weight excluding hydrogens is 318 g/mol. The van der Waals surface area contributed by atoms with E-state index in [1.807, 2.05) is 55.4 Å². The van der Waals surface area contributed by atoms with E-state index in [1.54, 1.807) is 0 Å². The number of aromatic nitrogens is 3. The predicted octanol–water partition coefficient (Wildman–Crippen LogP) is 1.90. The van der Waals surface area contributed by atoms with E-state index in [4.69, 9.17) is 4.74 Å². The number of carbonyl (C=O) groups is 1. The first-order chi connectivity index (χ1) is 12.1. The van der Waals surface area contributed by atoms with Crippen molar-refractivity contribution in [3.63, 3.8) is 0 Å². The van der Waals surface area contributed by atoms with Crippen LogP contribution in [0.5, 0.6) is 5.75 Å². The minimum atomic E-state index is -0.339. The van der Waals surface area contributed by atoms with Gasteiger partial charge in [0.15, 0.2) is 0 Å². The molecule has 1 aliphatic carbocycles. The van der Waals surface area contributed by atoms with Crippen LogP contribution in [-0.4, -0.2) is 41.3 Å². The van der Waals surface area contributed by atoms with Gasteiger partial charge in [0.05, 0.1) is 0 Å². The lowest BCUT2D eigenvalue weighted by atomic mass is 10.0. The minimum absolute atomic E-state index is 0.164. The molecule has 2 aliphatic rings. The summed E-state index contributed by atoms with van der Waals surface area (Å²) in [5.41, 5.74) is 3.80. The van der Waals surface area contributed by atoms with Crippen molar-refractivity contribution in [3.8, 4) is 5.75 Å². The second-order valence-electron chi connectivity index (χ2n) is 6.01. The number of benzene rings is 1. The van der Waals surface area contributed by atoms with Crippen LogP contribution in [0, 0.1) is 0 Å². The lowest BCUT2D eigenvalue weighted by Gasteiger charge is -2.13. The summed E-state index contributed by atoms with van der Waals surface area (Å²) < 4.78 is 6.00. The van der Waals surface area contributed by atoms with Crippen molar-refractivity contribution < 1.29 is 9.53 Å². The topological polar surface area (TPSA) is 83.1 Å². The number of amides is 1. The van der Waals surface area contributed by atoms with Crippen LogP contribution in [0.1, 0.15) is 16.2 Å². The first-order valence-corrected chi connectivity index (χ1v) is 7.87. The van der Waals surface area contributed by atoms with Gasteiger partial charge in [0, 0.05) is 36.6 Å². The van der Waals surface area contributed by atoms with Gasteiger partial charge in [-0.1, -0.05) is 6.08 Å². The Bertz CT molecular complexity index is 910. The van der Waals surface area contributed by atoms with E-state index < -0.39 is 0 Å². The van der Waals surface area contributed by atoms with E-state index >= 15 is 0 Å². The summed E-state index contributed by atoms with van der Waals surface area (Å²) in [7, 11) is 4.00. The minimum Gasteiger partial charge on any atom is -0.481 e. The fraction of sp³-hybridized carbons (Fsp3) is 0.167. The highest BCUT2D eigenvalue weighted by Gasteiger charge is 2.28. The summed E-state index contributed by atoms with van der Waals surface area (Å²) in [4.78, 5) is 18.1. The van der Waals surface area contributed by atoms with Crippen molar-refractivity contribution in [2.24, 2.45) is 0 Å². The van der Waals surface area contributed by atoms with Gasteiger partial charge < -0.3 is 15.0 Å². The van der Waals surface area contributed by atoms with Gasteiger partial charge in [0.1, 0.15) is 18.2 Å². The Morgan fingerprint density at radius 2 is 2.24 bits per heavy atom. The molecule has 7 heteroatoms. The molecular formula is C18H17N5O2. The highest BCUT2D eigenvalue weighted by atomic mass is 16.5. The van der Waals surface area contributed by atoms with Crippen LogP contribution >= 0.6 is 0 Å². The first kappa shape index (κ1) is 15.2. The number of aromatic amines is 1. The number of anilines is 1. The second-order valence-corrected chi connectivity index (χ2v) is 6.01. The molecule has 25 heavy (non-hydrogen) atoms. The van der Waals surface area contributed by atoms with Gasteiger partial charge in [-0.05, 0) is 36.4 Å². The maximum atomic E-state index is 12.2. The standard InChI is InChI=1S/C18H17N5O2/c1-23(2)12-6-7-16-14(9-12)13-8-11(4-3-5-15(13)25-16)21-18(24)17-19-10-20-22-17/h3-10,15H,1-2H3,(H,21,24)(H,19,20,22).